The van der Waals surface area contributed by atoms with E-state index in [4.69, 9.17) is 4.74 Å². The number of ether oxygens (including phenoxy) is 1. The Morgan fingerprint density at radius 3 is 2.58 bits per heavy atom. The fourth-order valence-corrected chi connectivity index (χ4v) is 3.76. The second kappa shape index (κ2) is 7.28. The van der Waals surface area contributed by atoms with E-state index < -0.39 is 0 Å². The molecule has 2 fully saturated rings. The van der Waals surface area contributed by atoms with Crippen molar-refractivity contribution < 1.29 is 9.53 Å². The van der Waals surface area contributed by atoms with Crippen molar-refractivity contribution in [3.8, 4) is 0 Å². The third-order valence-electron chi connectivity index (χ3n) is 4.76. The molecule has 0 aromatic rings. The van der Waals surface area contributed by atoms with Gasteiger partial charge in [-0.05, 0) is 44.4 Å². The number of esters is 1. The van der Waals surface area contributed by atoms with E-state index in [1.54, 1.807) is 0 Å². The summed E-state index contributed by atoms with van der Waals surface area (Å²) in [5, 5.41) is 3.62. The van der Waals surface area contributed by atoms with Gasteiger partial charge in [0.1, 0.15) is 6.04 Å². The van der Waals surface area contributed by atoms with Crippen LogP contribution in [0.5, 0.6) is 0 Å². The van der Waals surface area contributed by atoms with E-state index in [0.717, 1.165) is 5.92 Å². The molecule has 110 valence electrons. The van der Waals surface area contributed by atoms with Crippen LogP contribution in [0.2, 0.25) is 0 Å². The minimum Gasteiger partial charge on any atom is -0.465 e. The fraction of sp³-hybridized carbons (Fsp3) is 0.938. The molecule has 3 atom stereocenters. The van der Waals surface area contributed by atoms with Gasteiger partial charge in [0.15, 0.2) is 0 Å². The summed E-state index contributed by atoms with van der Waals surface area (Å²) in [6.07, 6.45) is 9.96. The molecule has 2 saturated carbocycles. The molecule has 19 heavy (non-hydrogen) atoms. The number of carbonyl (C=O) groups excluding carboxylic acids is 1. The lowest BCUT2D eigenvalue weighted by molar-refractivity contribution is -0.148. The first-order valence-corrected chi connectivity index (χ1v) is 8.13. The van der Waals surface area contributed by atoms with Gasteiger partial charge in [-0.3, -0.25) is 4.79 Å². The smallest absolute Gasteiger partial charge is 0.323 e. The second-order valence-corrected chi connectivity index (χ2v) is 6.41. The summed E-state index contributed by atoms with van der Waals surface area (Å²) < 4.78 is 5.30. The van der Waals surface area contributed by atoms with Crippen LogP contribution in [0.4, 0.5) is 0 Å². The molecule has 0 heterocycles. The van der Waals surface area contributed by atoms with E-state index in [1.165, 1.54) is 51.4 Å². The Morgan fingerprint density at radius 2 is 1.95 bits per heavy atom. The summed E-state index contributed by atoms with van der Waals surface area (Å²) >= 11 is 0. The molecule has 0 bridgehead atoms. The normalized spacial score (nSPS) is 30.2. The van der Waals surface area contributed by atoms with E-state index in [1.807, 2.05) is 6.92 Å². The molecule has 2 aliphatic rings. The van der Waals surface area contributed by atoms with Crippen molar-refractivity contribution in [3.63, 3.8) is 0 Å². The number of hydrogen-bond acceptors (Lipinski definition) is 3. The maximum absolute atomic E-state index is 12.3. The number of hydrogen-bond donors (Lipinski definition) is 1. The SMILES string of the molecule is CCOC(=O)C(NC1CCCC1)C1CCCC(C)C1. The van der Waals surface area contributed by atoms with Crippen LogP contribution in [0.1, 0.15) is 65.2 Å². The first-order valence-electron chi connectivity index (χ1n) is 8.13. The molecular weight excluding hydrogens is 238 g/mol. The van der Waals surface area contributed by atoms with Crippen LogP contribution >= 0.6 is 0 Å². The molecule has 3 heteroatoms. The van der Waals surface area contributed by atoms with Crippen LogP contribution in [0.15, 0.2) is 0 Å². The Hall–Kier alpha value is -0.570. The van der Waals surface area contributed by atoms with Gasteiger partial charge in [-0.2, -0.15) is 0 Å². The summed E-state index contributed by atoms with van der Waals surface area (Å²) in [5.41, 5.74) is 0. The van der Waals surface area contributed by atoms with Gasteiger partial charge < -0.3 is 10.1 Å². The van der Waals surface area contributed by atoms with Crippen LogP contribution in [-0.2, 0) is 9.53 Å². The zero-order valence-electron chi connectivity index (χ0n) is 12.5. The molecule has 0 radical (unpaired) electrons. The van der Waals surface area contributed by atoms with Crippen molar-refractivity contribution in [1.82, 2.24) is 5.32 Å². The van der Waals surface area contributed by atoms with E-state index in [9.17, 15) is 4.79 Å². The lowest BCUT2D eigenvalue weighted by Gasteiger charge is -2.34. The largest absolute Gasteiger partial charge is 0.465 e. The average Bonchev–Trinajstić information content (AvgIpc) is 2.89. The summed E-state index contributed by atoms with van der Waals surface area (Å²) in [5.74, 6) is 1.21. The van der Waals surface area contributed by atoms with E-state index in [0.29, 0.717) is 18.6 Å². The zero-order valence-corrected chi connectivity index (χ0v) is 12.5. The fourth-order valence-electron chi connectivity index (χ4n) is 3.76. The molecule has 2 rings (SSSR count). The van der Waals surface area contributed by atoms with Crippen LogP contribution in [0, 0.1) is 11.8 Å². The predicted molar refractivity (Wildman–Crippen MR) is 76.9 cm³/mol. The molecule has 3 nitrogen and oxygen atoms in total. The molecule has 2 aliphatic carbocycles. The number of nitrogens with one attached hydrogen (secondary N) is 1. The highest BCUT2D eigenvalue weighted by molar-refractivity contribution is 5.76. The van der Waals surface area contributed by atoms with Crippen molar-refractivity contribution in [3.05, 3.63) is 0 Å². The van der Waals surface area contributed by atoms with Crippen molar-refractivity contribution in [2.45, 2.75) is 77.3 Å². The van der Waals surface area contributed by atoms with Crippen molar-refractivity contribution in [2.75, 3.05) is 6.61 Å². The van der Waals surface area contributed by atoms with Gasteiger partial charge in [0, 0.05) is 6.04 Å². The Bertz CT molecular complexity index is 286. The minimum atomic E-state index is -0.0641. The highest BCUT2D eigenvalue weighted by atomic mass is 16.5. The minimum absolute atomic E-state index is 0.0199. The molecule has 0 aromatic carbocycles. The van der Waals surface area contributed by atoms with Gasteiger partial charge in [0.05, 0.1) is 6.61 Å². The molecule has 0 aromatic heterocycles. The van der Waals surface area contributed by atoms with Crippen LogP contribution in [0.3, 0.4) is 0 Å². The Labute approximate surface area is 117 Å². The third-order valence-corrected chi connectivity index (χ3v) is 4.76. The quantitative estimate of drug-likeness (QED) is 0.777. The van der Waals surface area contributed by atoms with E-state index in [-0.39, 0.29) is 12.0 Å². The maximum Gasteiger partial charge on any atom is 0.323 e. The lowest BCUT2D eigenvalue weighted by atomic mass is 9.78. The second-order valence-electron chi connectivity index (χ2n) is 6.41. The van der Waals surface area contributed by atoms with Crippen LogP contribution < -0.4 is 5.32 Å². The zero-order chi connectivity index (χ0) is 13.7. The van der Waals surface area contributed by atoms with Gasteiger partial charge in [-0.25, -0.2) is 0 Å². The molecule has 0 amide bonds. The lowest BCUT2D eigenvalue weighted by Crippen LogP contribution is -2.49. The summed E-state index contributed by atoms with van der Waals surface area (Å²) in [6, 6.07) is 0.470. The van der Waals surface area contributed by atoms with Crippen molar-refractivity contribution in [2.24, 2.45) is 11.8 Å². The maximum atomic E-state index is 12.3. The van der Waals surface area contributed by atoms with Crippen molar-refractivity contribution in [1.29, 1.82) is 0 Å². The first kappa shape index (κ1) is 14.8. The third kappa shape index (κ3) is 4.20. The Balaban J connectivity index is 1.97. The average molecular weight is 267 g/mol. The number of carbonyl (C=O) groups is 1. The standard InChI is InChI=1S/C16H29NO2/c1-3-19-16(18)15(17-14-9-4-5-10-14)13-8-6-7-12(2)11-13/h12-15,17H,3-11H2,1-2H3. The van der Waals surface area contributed by atoms with E-state index in [2.05, 4.69) is 12.2 Å². The van der Waals surface area contributed by atoms with Gasteiger partial charge in [0.2, 0.25) is 0 Å². The molecule has 3 unspecified atom stereocenters. The first-order chi connectivity index (χ1) is 9.20. The monoisotopic (exact) mass is 267 g/mol. The van der Waals surface area contributed by atoms with Gasteiger partial charge in [-0.15, -0.1) is 0 Å². The molecule has 1 N–H and O–H groups in total. The topological polar surface area (TPSA) is 38.3 Å². The molecule has 0 saturated heterocycles. The van der Waals surface area contributed by atoms with Crippen LogP contribution in [0.25, 0.3) is 0 Å². The van der Waals surface area contributed by atoms with Crippen molar-refractivity contribution >= 4 is 5.97 Å². The molecule has 0 spiro atoms. The summed E-state index contributed by atoms with van der Waals surface area (Å²) in [4.78, 5) is 12.3. The molecule has 0 aliphatic heterocycles. The summed E-state index contributed by atoms with van der Waals surface area (Å²) in [6.45, 7) is 4.70. The van der Waals surface area contributed by atoms with Gasteiger partial charge in [-0.1, -0.05) is 32.6 Å². The Morgan fingerprint density at radius 1 is 1.21 bits per heavy atom. The predicted octanol–water partition coefficient (Wildman–Crippen LogP) is 3.28. The van der Waals surface area contributed by atoms with Crippen LogP contribution in [-0.4, -0.2) is 24.7 Å². The highest BCUT2D eigenvalue weighted by Crippen LogP contribution is 2.32. The molecular formula is C16H29NO2. The summed E-state index contributed by atoms with van der Waals surface area (Å²) in [7, 11) is 0. The highest BCUT2D eigenvalue weighted by Gasteiger charge is 2.34. The number of rotatable bonds is 5. The van der Waals surface area contributed by atoms with Gasteiger partial charge in [0.25, 0.3) is 0 Å². The van der Waals surface area contributed by atoms with Gasteiger partial charge >= 0.3 is 5.97 Å². The van der Waals surface area contributed by atoms with E-state index >= 15 is 0 Å². The Kier molecular flexibility index (Phi) is 5.68.